The molecular weight excluding hydrogens is 230 g/mol. The predicted molar refractivity (Wildman–Crippen MR) is 69.4 cm³/mol. The summed E-state index contributed by atoms with van der Waals surface area (Å²) < 4.78 is 0. The molecule has 0 bridgehead atoms. The monoisotopic (exact) mass is 249 g/mol. The Balaban J connectivity index is 2.52. The number of benzene rings is 1. The van der Waals surface area contributed by atoms with Gasteiger partial charge in [0.05, 0.1) is 0 Å². The summed E-state index contributed by atoms with van der Waals surface area (Å²) in [6.45, 7) is 2.05. The zero-order chi connectivity index (χ0) is 13.6. The lowest BCUT2D eigenvalue weighted by atomic mass is 9.92. The Morgan fingerprint density at radius 3 is 2.44 bits per heavy atom. The van der Waals surface area contributed by atoms with Gasteiger partial charge in [0.2, 0.25) is 11.8 Å². The molecule has 1 aromatic rings. The van der Waals surface area contributed by atoms with Crippen molar-refractivity contribution in [1.82, 2.24) is 5.32 Å². The van der Waals surface area contributed by atoms with Gasteiger partial charge in [-0.3, -0.25) is 9.59 Å². The number of rotatable bonds is 6. The van der Waals surface area contributed by atoms with Crippen molar-refractivity contribution in [2.75, 3.05) is 6.54 Å². The zero-order valence-electron chi connectivity index (χ0n) is 10.5. The average molecular weight is 249 g/mol. The van der Waals surface area contributed by atoms with Crippen LogP contribution in [0, 0.1) is 0 Å². The Kier molecular flexibility index (Phi) is 4.85. The van der Waals surface area contributed by atoms with Gasteiger partial charge in [0.1, 0.15) is 5.54 Å². The molecule has 5 heteroatoms. The van der Waals surface area contributed by atoms with Crippen molar-refractivity contribution in [3.8, 4) is 0 Å². The van der Waals surface area contributed by atoms with Gasteiger partial charge in [-0.2, -0.15) is 0 Å². The molecule has 5 nitrogen and oxygen atoms in total. The fourth-order valence-corrected chi connectivity index (χ4v) is 1.56. The van der Waals surface area contributed by atoms with Crippen LogP contribution in [-0.2, 0) is 15.1 Å². The largest absolute Gasteiger partial charge is 0.370 e. The third-order valence-electron chi connectivity index (χ3n) is 2.73. The summed E-state index contributed by atoms with van der Waals surface area (Å²) in [5.74, 6) is -0.638. The van der Waals surface area contributed by atoms with Gasteiger partial charge in [-0.1, -0.05) is 30.3 Å². The van der Waals surface area contributed by atoms with Gasteiger partial charge in [-0.05, 0) is 18.9 Å². The van der Waals surface area contributed by atoms with E-state index in [0.29, 0.717) is 13.0 Å². The van der Waals surface area contributed by atoms with Crippen molar-refractivity contribution >= 4 is 11.8 Å². The molecule has 0 heterocycles. The second-order valence-corrected chi connectivity index (χ2v) is 4.39. The zero-order valence-corrected chi connectivity index (χ0v) is 10.5. The van der Waals surface area contributed by atoms with Crippen LogP contribution in [0.25, 0.3) is 0 Å². The standard InChI is InChI=1S/C13H19N3O2/c1-13(15,10-6-3-2-4-7-10)12(18)16-9-5-8-11(14)17/h2-4,6-7H,5,8-9,15H2,1H3,(H2,14,17)(H,16,18). The summed E-state index contributed by atoms with van der Waals surface area (Å²) >= 11 is 0. The van der Waals surface area contributed by atoms with Crippen molar-refractivity contribution in [3.05, 3.63) is 35.9 Å². The van der Waals surface area contributed by atoms with Gasteiger partial charge in [0.15, 0.2) is 0 Å². The first-order valence-corrected chi connectivity index (χ1v) is 5.85. The van der Waals surface area contributed by atoms with Gasteiger partial charge in [0.25, 0.3) is 0 Å². The van der Waals surface area contributed by atoms with Crippen LogP contribution in [0.3, 0.4) is 0 Å². The van der Waals surface area contributed by atoms with Crippen molar-refractivity contribution in [1.29, 1.82) is 0 Å². The van der Waals surface area contributed by atoms with Crippen LogP contribution in [0.5, 0.6) is 0 Å². The molecule has 0 radical (unpaired) electrons. The molecule has 1 aromatic carbocycles. The summed E-state index contributed by atoms with van der Waals surface area (Å²) in [6, 6.07) is 9.15. The fourth-order valence-electron chi connectivity index (χ4n) is 1.56. The Morgan fingerprint density at radius 1 is 1.28 bits per heavy atom. The lowest BCUT2D eigenvalue weighted by molar-refractivity contribution is -0.126. The first-order valence-electron chi connectivity index (χ1n) is 5.85. The van der Waals surface area contributed by atoms with E-state index in [4.69, 9.17) is 11.5 Å². The molecule has 98 valence electrons. The summed E-state index contributed by atoms with van der Waals surface area (Å²) in [4.78, 5) is 22.5. The molecule has 1 unspecified atom stereocenters. The van der Waals surface area contributed by atoms with E-state index >= 15 is 0 Å². The minimum atomic E-state index is -1.08. The number of amides is 2. The summed E-state index contributed by atoms with van der Waals surface area (Å²) in [7, 11) is 0. The van der Waals surface area contributed by atoms with Crippen molar-refractivity contribution in [2.24, 2.45) is 11.5 Å². The van der Waals surface area contributed by atoms with Crippen LogP contribution in [0.2, 0.25) is 0 Å². The van der Waals surface area contributed by atoms with Crippen LogP contribution in [-0.4, -0.2) is 18.4 Å². The van der Waals surface area contributed by atoms with E-state index in [1.54, 1.807) is 6.92 Å². The fraction of sp³-hybridized carbons (Fsp3) is 0.385. The topological polar surface area (TPSA) is 98.2 Å². The van der Waals surface area contributed by atoms with Crippen LogP contribution in [0.15, 0.2) is 30.3 Å². The molecule has 0 saturated heterocycles. The summed E-state index contributed by atoms with van der Waals surface area (Å²) in [5, 5.41) is 2.71. The van der Waals surface area contributed by atoms with E-state index in [1.165, 1.54) is 0 Å². The molecule has 18 heavy (non-hydrogen) atoms. The molecular formula is C13H19N3O2. The molecule has 0 aromatic heterocycles. The number of carbonyl (C=O) groups excluding carboxylic acids is 2. The molecule has 5 N–H and O–H groups in total. The Hall–Kier alpha value is -1.88. The first kappa shape index (κ1) is 14.2. The number of hydrogen-bond acceptors (Lipinski definition) is 3. The number of carbonyl (C=O) groups is 2. The highest BCUT2D eigenvalue weighted by Crippen LogP contribution is 2.17. The molecule has 0 fully saturated rings. The smallest absolute Gasteiger partial charge is 0.244 e. The highest BCUT2D eigenvalue weighted by atomic mass is 16.2. The molecule has 0 aliphatic rings. The molecule has 0 spiro atoms. The number of nitrogens with one attached hydrogen (secondary N) is 1. The maximum Gasteiger partial charge on any atom is 0.244 e. The molecule has 0 aliphatic carbocycles. The van der Waals surface area contributed by atoms with E-state index in [9.17, 15) is 9.59 Å². The second kappa shape index (κ2) is 6.16. The normalized spacial score (nSPS) is 13.7. The van der Waals surface area contributed by atoms with E-state index in [2.05, 4.69) is 5.32 Å². The molecule has 1 atom stereocenters. The summed E-state index contributed by atoms with van der Waals surface area (Å²) in [6.07, 6.45) is 0.777. The van der Waals surface area contributed by atoms with Gasteiger partial charge < -0.3 is 16.8 Å². The van der Waals surface area contributed by atoms with Crippen LogP contribution >= 0.6 is 0 Å². The minimum absolute atomic E-state index is 0.257. The van der Waals surface area contributed by atoms with E-state index in [0.717, 1.165) is 5.56 Å². The van der Waals surface area contributed by atoms with E-state index in [1.807, 2.05) is 30.3 Å². The van der Waals surface area contributed by atoms with Crippen LogP contribution in [0.1, 0.15) is 25.3 Å². The molecule has 2 amide bonds. The maximum absolute atomic E-state index is 12.0. The SMILES string of the molecule is CC(N)(C(=O)NCCCC(N)=O)c1ccccc1. The van der Waals surface area contributed by atoms with Gasteiger partial charge >= 0.3 is 0 Å². The maximum atomic E-state index is 12.0. The quantitative estimate of drug-likeness (QED) is 0.630. The van der Waals surface area contributed by atoms with Gasteiger partial charge in [-0.15, -0.1) is 0 Å². The summed E-state index contributed by atoms with van der Waals surface area (Å²) in [5.41, 5.74) is 10.7. The third-order valence-corrected chi connectivity index (χ3v) is 2.73. The molecule has 0 saturated carbocycles. The first-order chi connectivity index (χ1) is 8.44. The Bertz CT molecular complexity index is 416. The number of hydrogen-bond donors (Lipinski definition) is 3. The number of primary amides is 1. The second-order valence-electron chi connectivity index (χ2n) is 4.39. The number of nitrogens with two attached hydrogens (primary N) is 2. The van der Waals surface area contributed by atoms with Crippen molar-refractivity contribution < 1.29 is 9.59 Å². The third kappa shape index (κ3) is 3.85. The Morgan fingerprint density at radius 2 is 1.89 bits per heavy atom. The van der Waals surface area contributed by atoms with Gasteiger partial charge in [0, 0.05) is 13.0 Å². The lowest BCUT2D eigenvalue weighted by Gasteiger charge is -2.24. The van der Waals surface area contributed by atoms with E-state index < -0.39 is 5.54 Å². The van der Waals surface area contributed by atoms with Crippen molar-refractivity contribution in [2.45, 2.75) is 25.3 Å². The average Bonchev–Trinajstić information content (AvgIpc) is 2.35. The van der Waals surface area contributed by atoms with Gasteiger partial charge in [-0.25, -0.2) is 0 Å². The molecule has 1 rings (SSSR count). The van der Waals surface area contributed by atoms with Crippen LogP contribution < -0.4 is 16.8 Å². The highest BCUT2D eigenvalue weighted by molar-refractivity contribution is 5.87. The highest BCUT2D eigenvalue weighted by Gasteiger charge is 2.29. The van der Waals surface area contributed by atoms with E-state index in [-0.39, 0.29) is 18.2 Å². The van der Waals surface area contributed by atoms with Crippen LogP contribution in [0.4, 0.5) is 0 Å². The van der Waals surface area contributed by atoms with Crippen molar-refractivity contribution in [3.63, 3.8) is 0 Å². The predicted octanol–water partition coefficient (Wildman–Crippen LogP) is 0.242. The molecule has 0 aliphatic heterocycles. The Labute approximate surface area is 107 Å². The minimum Gasteiger partial charge on any atom is -0.370 e. The lowest BCUT2D eigenvalue weighted by Crippen LogP contribution is -2.49.